The van der Waals surface area contributed by atoms with Gasteiger partial charge in [-0.1, -0.05) is 6.92 Å². The van der Waals surface area contributed by atoms with Gasteiger partial charge in [-0.25, -0.2) is 0 Å². The van der Waals surface area contributed by atoms with Crippen LogP contribution in [0, 0.1) is 0 Å². The number of fused-ring (bicyclic) bond motifs is 1. The van der Waals surface area contributed by atoms with E-state index in [1.165, 1.54) is 0 Å². The maximum Gasteiger partial charge on any atom is 0.251 e. The van der Waals surface area contributed by atoms with E-state index in [0.29, 0.717) is 12.0 Å². The molecular formula is C14H18N2O2S. The minimum absolute atomic E-state index is 0.0136. The normalized spacial score (nSPS) is 14.7. The second kappa shape index (κ2) is 6.10. The molecule has 19 heavy (non-hydrogen) atoms. The van der Waals surface area contributed by atoms with E-state index in [-0.39, 0.29) is 17.9 Å². The molecule has 0 radical (unpaired) electrons. The maximum atomic E-state index is 12.1. The Morgan fingerprint density at radius 2 is 2.32 bits per heavy atom. The summed E-state index contributed by atoms with van der Waals surface area (Å²) in [5.41, 5.74) is 2.33. The summed E-state index contributed by atoms with van der Waals surface area (Å²) in [6, 6.07) is 5.48. The van der Waals surface area contributed by atoms with E-state index in [1.54, 1.807) is 30.0 Å². The largest absolute Gasteiger partial charge is 0.349 e. The second-order valence-electron chi connectivity index (χ2n) is 4.63. The van der Waals surface area contributed by atoms with Gasteiger partial charge >= 0.3 is 0 Å². The van der Waals surface area contributed by atoms with Gasteiger partial charge < -0.3 is 10.6 Å². The Kier molecular flexibility index (Phi) is 4.47. The lowest BCUT2D eigenvalue weighted by molar-refractivity contribution is -0.115. The van der Waals surface area contributed by atoms with Gasteiger partial charge in [-0.3, -0.25) is 9.59 Å². The van der Waals surface area contributed by atoms with Crippen molar-refractivity contribution in [2.24, 2.45) is 0 Å². The standard InChI is InChI=1S/C14H18N2O2S/c1-3-19-8-9(2)15-14(18)10-4-5-12-11(6-10)7-13(17)16-12/h4-6,9H,3,7-8H2,1-2H3,(H,15,18)(H,16,17). The molecule has 2 N–H and O–H groups in total. The Hall–Kier alpha value is -1.49. The quantitative estimate of drug-likeness (QED) is 0.866. The Balaban J connectivity index is 2.00. The summed E-state index contributed by atoms with van der Waals surface area (Å²) in [5, 5.41) is 5.73. The number of hydrogen-bond donors (Lipinski definition) is 2. The minimum atomic E-state index is -0.0775. The highest BCUT2D eigenvalue weighted by molar-refractivity contribution is 7.99. The first kappa shape index (κ1) is 13.9. The molecule has 4 nitrogen and oxygen atoms in total. The summed E-state index contributed by atoms with van der Waals surface area (Å²) < 4.78 is 0. The van der Waals surface area contributed by atoms with Crippen LogP contribution < -0.4 is 10.6 Å². The molecule has 1 aliphatic rings. The molecule has 5 heteroatoms. The molecule has 2 rings (SSSR count). The molecule has 0 spiro atoms. The summed E-state index contributed by atoms with van der Waals surface area (Å²) in [6.07, 6.45) is 0.359. The van der Waals surface area contributed by atoms with Gasteiger partial charge in [-0.05, 0) is 36.4 Å². The molecule has 1 aliphatic heterocycles. The molecule has 0 saturated carbocycles. The first-order chi connectivity index (χ1) is 9.10. The van der Waals surface area contributed by atoms with Crippen LogP contribution in [0.15, 0.2) is 18.2 Å². The van der Waals surface area contributed by atoms with Crippen LogP contribution in [0.25, 0.3) is 0 Å². The van der Waals surface area contributed by atoms with Crippen molar-refractivity contribution < 1.29 is 9.59 Å². The highest BCUT2D eigenvalue weighted by atomic mass is 32.2. The van der Waals surface area contributed by atoms with Crippen molar-refractivity contribution in [1.29, 1.82) is 0 Å². The number of benzene rings is 1. The fourth-order valence-corrected chi connectivity index (χ4v) is 2.69. The number of amides is 2. The summed E-state index contributed by atoms with van der Waals surface area (Å²) in [7, 11) is 0. The van der Waals surface area contributed by atoms with Crippen LogP contribution in [0.2, 0.25) is 0 Å². The number of rotatable bonds is 5. The van der Waals surface area contributed by atoms with Gasteiger partial charge in [0.25, 0.3) is 5.91 Å². The van der Waals surface area contributed by atoms with E-state index in [4.69, 9.17) is 0 Å². The second-order valence-corrected chi connectivity index (χ2v) is 5.95. The number of nitrogens with one attached hydrogen (secondary N) is 2. The number of thioether (sulfide) groups is 1. The summed E-state index contributed by atoms with van der Waals surface area (Å²) in [5.74, 6) is 1.87. The molecule has 2 amide bonds. The van der Waals surface area contributed by atoms with Gasteiger partial charge in [0.2, 0.25) is 5.91 Å². The van der Waals surface area contributed by atoms with Crippen molar-refractivity contribution in [3.8, 4) is 0 Å². The fraction of sp³-hybridized carbons (Fsp3) is 0.429. The van der Waals surface area contributed by atoms with E-state index >= 15 is 0 Å². The van der Waals surface area contributed by atoms with Crippen LogP contribution in [0.5, 0.6) is 0 Å². The summed E-state index contributed by atoms with van der Waals surface area (Å²) in [6.45, 7) is 4.10. The molecule has 0 saturated heterocycles. The van der Waals surface area contributed by atoms with Crippen molar-refractivity contribution in [3.05, 3.63) is 29.3 Å². The van der Waals surface area contributed by atoms with E-state index < -0.39 is 0 Å². The zero-order valence-electron chi connectivity index (χ0n) is 11.2. The minimum Gasteiger partial charge on any atom is -0.349 e. The highest BCUT2D eigenvalue weighted by Gasteiger charge is 2.19. The van der Waals surface area contributed by atoms with Crippen molar-refractivity contribution in [2.75, 3.05) is 16.8 Å². The topological polar surface area (TPSA) is 58.2 Å². The summed E-state index contributed by atoms with van der Waals surface area (Å²) in [4.78, 5) is 23.3. The molecule has 102 valence electrons. The number of carbonyl (C=O) groups excluding carboxylic acids is 2. The third-order valence-corrected chi connectivity index (χ3v) is 4.09. The third kappa shape index (κ3) is 3.50. The first-order valence-electron chi connectivity index (χ1n) is 6.41. The summed E-state index contributed by atoms with van der Waals surface area (Å²) >= 11 is 1.80. The van der Waals surface area contributed by atoms with Crippen LogP contribution in [0.1, 0.15) is 29.8 Å². The lowest BCUT2D eigenvalue weighted by Gasteiger charge is -2.13. The molecule has 1 aromatic rings. The van der Waals surface area contributed by atoms with Gasteiger partial charge in [0.05, 0.1) is 6.42 Å². The average molecular weight is 278 g/mol. The van der Waals surface area contributed by atoms with Crippen molar-refractivity contribution in [3.63, 3.8) is 0 Å². The Morgan fingerprint density at radius 1 is 1.53 bits per heavy atom. The first-order valence-corrected chi connectivity index (χ1v) is 7.57. The smallest absolute Gasteiger partial charge is 0.251 e. The van der Waals surface area contributed by atoms with E-state index in [2.05, 4.69) is 17.6 Å². The monoisotopic (exact) mass is 278 g/mol. The molecule has 0 fully saturated rings. The predicted molar refractivity (Wildman–Crippen MR) is 78.7 cm³/mol. The lowest BCUT2D eigenvalue weighted by Crippen LogP contribution is -2.34. The van der Waals surface area contributed by atoms with Gasteiger partial charge in [0.1, 0.15) is 0 Å². The molecule has 1 unspecified atom stereocenters. The molecule has 1 aromatic carbocycles. The SMILES string of the molecule is CCSCC(C)NC(=O)c1ccc2c(c1)CC(=O)N2. The van der Waals surface area contributed by atoms with E-state index in [9.17, 15) is 9.59 Å². The number of carbonyl (C=O) groups is 2. The Bertz CT molecular complexity index is 502. The molecule has 1 heterocycles. The highest BCUT2D eigenvalue weighted by Crippen LogP contribution is 2.23. The van der Waals surface area contributed by atoms with Gasteiger partial charge in [0.15, 0.2) is 0 Å². The molecule has 0 aliphatic carbocycles. The predicted octanol–water partition coefficient (Wildman–Crippen LogP) is 2.05. The van der Waals surface area contributed by atoms with E-state index in [1.807, 2.05) is 6.92 Å². The Morgan fingerprint density at radius 3 is 3.05 bits per heavy atom. The molecule has 0 bridgehead atoms. The Labute approximate surface area is 117 Å². The van der Waals surface area contributed by atoms with E-state index in [0.717, 1.165) is 22.8 Å². The van der Waals surface area contributed by atoms with Gasteiger partial charge in [-0.2, -0.15) is 11.8 Å². The third-order valence-electron chi connectivity index (χ3n) is 2.94. The van der Waals surface area contributed by atoms with Crippen LogP contribution in [-0.4, -0.2) is 29.4 Å². The van der Waals surface area contributed by atoms with Crippen molar-refractivity contribution in [2.45, 2.75) is 26.3 Å². The van der Waals surface area contributed by atoms with Crippen LogP contribution in [0.4, 0.5) is 5.69 Å². The van der Waals surface area contributed by atoms with Gasteiger partial charge in [-0.15, -0.1) is 0 Å². The lowest BCUT2D eigenvalue weighted by atomic mass is 10.1. The zero-order chi connectivity index (χ0) is 13.8. The van der Waals surface area contributed by atoms with Crippen LogP contribution >= 0.6 is 11.8 Å². The molecule has 1 atom stereocenters. The number of hydrogen-bond acceptors (Lipinski definition) is 3. The van der Waals surface area contributed by atoms with Crippen LogP contribution in [0.3, 0.4) is 0 Å². The fourth-order valence-electron chi connectivity index (χ4n) is 2.01. The van der Waals surface area contributed by atoms with Crippen molar-refractivity contribution >= 4 is 29.3 Å². The maximum absolute atomic E-state index is 12.1. The van der Waals surface area contributed by atoms with Crippen LogP contribution in [-0.2, 0) is 11.2 Å². The zero-order valence-corrected chi connectivity index (χ0v) is 12.0. The van der Waals surface area contributed by atoms with Gasteiger partial charge in [0, 0.05) is 23.0 Å². The average Bonchev–Trinajstić information content (AvgIpc) is 2.75. The molecule has 0 aromatic heterocycles. The van der Waals surface area contributed by atoms with Crippen molar-refractivity contribution in [1.82, 2.24) is 5.32 Å². The molecular weight excluding hydrogens is 260 g/mol. The number of anilines is 1.